The fourth-order valence-electron chi connectivity index (χ4n) is 4.76. The van der Waals surface area contributed by atoms with E-state index in [0.29, 0.717) is 12.2 Å². The van der Waals surface area contributed by atoms with Gasteiger partial charge in [0.25, 0.3) is 0 Å². The first-order valence-electron chi connectivity index (χ1n) is 11.5. The molecule has 1 aromatic heterocycles. The Labute approximate surface area is 192 Å². The van der Waals surface area contributed by atoms with Gasteiger partial charge >= 0.3 is 0 Å². The molecular formula is C24H29FN6O2. The van der Waals surface area contributed by atoms with Crippen molar-refractivity contribution in [1.82, 2.24) is 25.1 Å². The first kappa shape index (κ1) is 21.8. The molecule has 0 spiro atoms. The van der Waals surface area contributed by atoms with Gasteiger partial charge in [-0.2, -0.15) is 0 Å². The van der Waals surface area contributed by atoms with Gasteiger partial charge in [-0.15, -0.1) is 5.10 Å². The third kappa shape index (κ3) is 4.69. The Morgan fingerprint density at radius 3 is 2.58 bits per heavy atom. The van der Waals surface area contributed by atoms with Crippen LogP contribution in [0.25, 0.3) is 0 Å². The Bertz CT molecular complexity index is 1050. The van der Waals surface area contributed by atoms with Crippen molar-refractivity contribution in [1.29, 1.82) is 0 Å². The molecule has 8 nitrogen and oxygen atoms in total. The Morgan fingerprint density at radius 1 is 1.09 bits per heavy atom. The van der Waals surface area contributed by atoms with Gasteiger partial charge in [0.05, 0.1) is 31.5 Å². The third-order valence-corrected chi connectivity index (χ3v) is 6.51. The van der Waals surface area contributed by atoms with Crippen LogP contribution in [0.3, 0.4) is 0 Å². The van der Waals surface area contributed by atoms with Crippen LogP contribution in [-0.2, 0) is 11.3 Å². The maximum atomic E-state index is 14.3. The normalized spacial score (nSPS) is 20.2. The van der Waals surface area contributed by atoms with Crippen LogP contribution in [0.15, 0.2) is 48.5 Å². The molecule has 2 fully saturated rings. The zero-order chi connectivity index (χ0) is 22.6. The molecule has 0 N–H and O–H groups in total. The number of anilines is 1. The molecule has 174 valence electrons. The van der Waals surface area contributed by atoms with E-state index in [2.05, 4.69) is 37.5 Å². The summed E-state index contributed by atoms with van der Waals surface area (Å²) in [5, 5.41) is 12.7. The summed E-state index contributed by atoms with van der Waals surface area (Å²) in [5.41, 5.74) is 1.75. The molecule has 2 atom stereocenters. The number of nitrogens with zero attached hydrogens (tertiary/aromatic N) is 6. The van der Waals surface area contributed by atoms with E-state index in [4.69, 9.17) is 9.47 Å². The van der Waals surface area contributed by atoms with Crippen molar-refractivity contribution < 1.29 is 13.9 Å². The average molecular weight is 453 g/mol. The lowest BCUT2D eigenvalue weighted by molar-refractivity contribution is 0.0906. The van der Waals surface area contributed by atoms with Crippen LogP contribution in [0.2, 0.25) is 0 Å². The van der Waals surface area contributed by atoms with Crippen molar-refractivity contribution in [2.24, 2.45) is 0 Å². The van der Waals surface area contributed by atoms with E-state index in [1.54, 1.807) is 13.2 Å². The number of tetrazole rings is 1. The van der Waals surface area contributed by atoms with Crippen molar-refractivity contribution in [3.05, 3.63) is 65.7 Å². The molecule has 2 saturated heterocycles. The molecule has 9 heteroatoms. The molecule has 0 unspecified atom stereocenters. The minimum atomic E-state index is -0.182. The number of rotatable bonds is 7. The molecule has 3 aromatic rings. The van der Waals surface area contributed by atoms with Crippen LogP contribution in [0.4, 0.5) is 10.1 Å². The standard InChI is InChI=1S/C24H29FN6O2/c1-32-19-10-8-18(9-11-19)23(24-26-27-28-31(24)17-20-5-4-16-33-20)30-14-12-29(13-15-30)22-7-3-2-6-21(22)25/h2-3,6-11,20,23H,4-5,12-17H2,1H3/t20-,23-/m1/s1. The predicted octanol–water partition coefficient (Wildman–Crippen LogP) is 2.91. The second-order valence-electron chi connectivity index (χ2n) is 8.50. The van der Waals surface area contributed by atoms with Gasteiger partial charge in [0.1, 0.15) is 11.6 Å². The van der Waals surface area contributed by atoms with Gasteiger partial charge in [-0.1, -0.05) is 24.3 Å². The van der Waals surface area contributed by atoms with E-state index < -0.39 is 0 Å². The van der Waals surface area contributed by atoms with Crippen molar-refractivity contribution >= 4 is 5.69 Å². The van der Waals surface area contributed by atoms with Gasteiger partial charge in [-0.05, 0) is 53.1 Å². The molecule has 0 amide bonds. The Morgan fingerprint density at radius 2 is 1.88 bits per heavy atom. The van der Waals surface area contributed by atoms with Crippen molar-refractivity contribution in [3.8, 4) is 5.75 Å². The number of ether oxygens (including phenoxy) is 2. The number of piperazine rings is 1. The summed E-state index contributed by atoms with van der Waals surface area (Å²) in [4.78, 5) is 4.48. The molecule has 2 aliphatic rings. The quantitative estimate of drug-likeness (QED) is 0.546. The van der Waals surface area contributed by atoms with Gasteiger partial charge in [0.15, 0.2) is 5.82 Å². The summed E-state index contributed by atoms with van der Waals surface area (Å²) in [6.45, 7) is 4.41. The number of aromatic nitrogens is 4. The Hall–Kier alpha value is -3.04. The Balaban J connectivity index is 1.40. The van der Waals surface area contributed by atoms with E-state index in [0.717, 1.165) is 62.8 Å². The van der Waals surface area contributed by atoms with Gasteiger partial charge in [-0.25, -0.2) is 9.07 Å². The lowest BCUT2D eigenvalue weighted by atomic mass is 10.0. The number of benzene rings is 2. The topological polar surface area (TPSA) is 68.5 Å². The van der Waals surface area contributed by atoms with Crippen molar-refractivity contribution in [2.75, 3.05) is 44.8 Å². The van der Waals surface area contributed by atoms with Gasteiger partial charge in [0, 0.05) is 32.8 Å². The van der Waals surface area contributed by atoms with Crippen molar-refractivity contribution in [3.63, 3.8) is 0 Å². The first-order chi connectivity index (χ1) is 16.2. The minimum absolute atomic E-state index is 0.116. The number of methoxy groups -OCH3 is 1. The van der Waals surface area contributed by atoms with Gasteiger partial charge in [-0.3, -0.25) is 4.90 Å². The smallest absolute Gasteiger partial charge is 0.173 e. The second kappa shape index (κ2) is 9.84. The molecule has 3 heterocycles. The van der Waals surface area contributed by atoms with Crippen LogP contribution in [-0.4, -0.2) is 71.1 Å². The molecule has 5 rings (SSSR count). The highest BCUT2D eigenvalue weighted by Gasteiger charge is 2.32. The van der Waals surface area contributed by atoms with E-state index in [1.807, 2.05) is 28.9 Å². The third-order valence-electron chi connectivity index (χ3n) is 6.51. The molecule has 0 bridgehead atoms. The number of hydrogen-bond acceptors (Lipinski definition) is 7. The molecule has 2 aliphatic heterocycles. The SMILES string of the molecule is COc1ccc([C@H](c2nnnn2C[C@H]2CCCO2)N2CCN(c3ccccc3F)CC2)cc1. The van der Waals surface area contributed by atoms with Crippen LogP contribution in [0, 0.1) is 5.82 Å². The van der Waals surface area contributed by atoms with Crippen molar-refractivity contribution in [2.45, 2.75) is 31.5 Å². The summed E-state index contributed by atoms with van der Waals surface area (Å²) in [7, 11) is 1.66. The fraction of sp³-hybridized carbons (Fsp3) is 0.458. The highest BCUT2D eigenvalue weighted by Crippen LogP contribution is 2.31. The van der Waals surface area contributed by atoms with E-state index in [-0.39, 0.29) is 18.0 Å². The second-order valence-corrected chi connectivity index (χ2v) is 8.50. The molecule has 2 aromatic carbocycles. The predicted molar refractivity (Wildman–Crippen MR) is 122 cm³/mol. The summed E-state index contributed by atoms with van der Waals surface area (Å²) in [5.74, 6) is 1.42. The molecular weight excluding hydrogens is 423 g/mol. The summed E-state index contributed by atoms with van der Waals surface area (Å²) in [6, 6.07) is 14.9. The largest absolute Gasteiger partial charge is 0.497 e. The molecule has 0 aliphatic carbocycles. The maximum Gasteiger partial charge on any atom is 0.173 e. The fourth-order valence-corrected chi connectivity index (χ4v) is 4.76. The zero-order valence-corrected chi connectivity index (χ0v) is 18.8. The van der Waals surface area contributed by atoms with E-state index >= 15 is 0 Å². The highest BCUT2D eigenvalue weighted by molar-refractivity contribution is 5.48. The molecule has 33 heavy (non-hydrogen) atoms. The monoisotopic (exact) mass is 452 g/mol. The van der Waals surface area contributed by atoms with Crippen LogP contribution in [0.5, 0.6) is 5.75 Å². The number of para-hydroxylation sites is 1. The van der Waals surface area contributed by atoms with Gasteiger partial charge < -0.3 is 14.4 Å². The maximum absolute atomic E-state index is 14.3. The summed E-state index contributed by atoms with van der Waals surface area (Å²) >= 11 is 0. The lowest BCUT2D eigenvalue weighted by Crippen LogP contribution is -2.48. The minimum Gasteiger partial charge on any atom is -0.497 e. The van der Waals surface area contributed by atoms with Gasteiger partial charge in [0.2, 0.25) is 0 Å². The van der Waals surface area contributed by atoms with E-state index in [1.165, 1.54) is 6.07 Å². The zero-order valence-electron chi connectivity index (χ0n) is 18.8. The lowest BCUT2D eigenvalue weighted by Gasteiger charge is -2.40. The van der Waals surface area contributed by atoms with Crippen LogP contribution < -0.4 is 9.64 Å². The number of hydrogen-bond donors (Lipinski definition) is 0. The highest BCUT2D eigenvalue weighted by atomic mass is 19.1. The summed E-state index contributed by atoms with van der Waals surface area (Å²) < 4.78 is 27.4. The Kier molecular flexibility index (Phi) is 6.50. The number of halogens is 1. The average Bonchev–Trinajstić information content (AvgIpc) is 3.54. The van der Waals surface area contributed by atoms with E-state index in [9.17, 15) is 4.39 Å². The summed E-state index contributed by atoms with van der Waals surface area (Å²) in [6.07, 6.45) is 2.23. The first-order valence-corrected chi connectivity index (χ1v) is 11.5. The molecule has 0 radical (unpaired) electrons. The van der Waals surface area contributed by atoms with Crippen LogP contribution >= 0.6 is 0 Å². The van der Waals surface area contributed by atoms with Crippen LogP contribution in [0.1, 0.15) is 30.3 Å². The molecule has 0 saturated carbocycles.